The molecular weight excluding hydrogens is 328 g/mol. The van der Waals surface area contributed by atoms with Crippen LogP contribution in [0.3, 0.4) is 0 Å². The molecule has 3 unspecified atom stereocenters. The largest absolute Gasteiger partial charge is 0.481 e. The number of Topliss-reactive ketones (excluding diaryl/α,β-unsaturated/α-hetero) is 1. The van der Waals surface area contributed by atoms with Crippen LogP contribution in [0.15, 0.2) is 0 Å². The Morgan fingerprint density at radius 3 is 2.38 bits per heavy atom. The summed E-state index contributed by atoms with van der Waals surface area (Å²) >= 11 is 1.91. The van der Waals surface area contributed by atoms with Crippen LogP contribution in [0.5, 0.6) is 0 Å². The van der Waals surface area contributed by atoms with Crippen LogP contribution in [-0.4, -0.2) is 46.0 Å². The van der Waals surface area contributed by atoms with E-state index >= 15 is 0 Å². The van der Waals surface area contributed by atoms with E-state index in [0.717, 1.165) is 44.3 Å². The number of carboxylic acids is 1. The van der Waals surface area contributed by atoms with E-state index in [4.69, 9.17) is 5.11 Å². The lowest BCUT2D eigenvalue weighted by Gasteiger charge is -2.16. The van der Waals surface area contributed by atoms with Crippen molar-refractivity contribution >= 4 is 29.5 Å². The summed E-state index contributed by atoms with van der Waals surface area (Å²) in [5.41, 5.74) is 0. The summed E-state index contributed by atoms with van der Waals surface area (Å²) in [5, 5.41) is 14.9. The third kappa shape index (κ3) is 6.34. The summed E-state index contributed by atoms with van der Waals surface area (Å²) in [7, 11) is 0. The standard InChI is InChI=1S/C17H28N2O4S/c20-12(7-3-1-2-4-10-15(21)22)8-5-6-9-14-16-13(11-24-14)18-17(23)19-16/h13-14,16H,1-11H2,(H,21,22)(H2,18,19,23). The normalized spacial score (nSPS) is 25.2. The smallest absolute Gasteiger partial charge is 0.315 e. The van der Waals surface area contributed by atoms with Gasteiger partial charge in [0, 0.05) is 30.3 Å². The van der Waals surface area contributed by atoms with E-state index in [1.54, 1.807) is 0 Å². The van der Waals surface area contributed by atoms with Crippen molar-refractivity contribution in [2.75, 3.05) is 5.75 Å². The number of hydrogen-bond acceptors (Lipinski definition) is 4. The van der Waals surface area contributed by atoms with Crippen LogP contribution in [0.4, 0.5) is 4.79 Å². The highest BCUT2D eigenvalue weighted by Gasteiger charge is 2.42. The zero-order valence-electron chi connectivity index (χ0n) is 14.1. The predicted octanol–water partition coefficient (Wildman–Crippen LogP) is 2.71. The lowest BCUT2D eigenvalue weighted by molar-refractivity contribution is -0.137. The summed E-state index contributed by atoms with van der Waals surface area (Å²) in [6.07, 6.45) is 7.90. The fourth-order valence-corrected chi connectivity index (χ4v) is 4.93. The number of carboxylic acid groups (broad SMARTS) is 1. The van der Waals surface area contributed by atoms with Crippen molar-refractivity contribution in [3.8, 4) is 0 Å². The maximum atomic E-state index is 11.8. The quantitative estimate of drug-likeness (QED) is 0.369. The first-order valence-electron chi connectivity index (χ1n) is 8.98. The lowest BCUT2D eigenvalue weighted by atomic mass is 10.0. The van der Waals surface area contributed by atoms with Gasteiger partial charge in [-0.15, -0.1) is 0 Å². The van der Waals surface area contributed by atoms with Gasteiger partial charge in [-0.3, -0.25) is 9.59 Å². The Morgan fingerprint density at radius 2 is 1.67 bits per heavy atom. The molecule has 0 aromatic carbocycles. The molecule has 0 bridgehead atoms. The summed E-state index contributed by atoms with van der Waals surface area (Å²) < 4.78 is 0. The lowest BCUT2D eigenvalue weighted by Crippen LogP contribution is -2.36. The van der Waals surface area contributed by atoms with E-state index in [1.807, 2.05) is 11.8 Å². The highest BCUT2D eigenvalue weighted by Crippen LogP contribution is 2.33. The Balaban J connectivity index is 1.45. The Kier molecular flexibility index (Phi) is 7.88. The van der Waals surface area contributed by atoms with Gasteiger partial charge in [-0.05, 0) is 25.7 Å². The van der Waals surface area contributed by atoms with Gasteiger partial charge in [-0.1, -0.05) is 19.3 Å². The Hall–Kier alpha value is -1.24. The molecule has 6 nitrogen and oxygen atoms in total. The second-order valence-corrected chi connectivity index (χ2v) is 7.99. The molecule has 2 aliphatic heterocycles. The molecule has 136 valence electrons. The number of aliphatic carboxylic acids is 1. The van der Waals surface area contributed by atoms with Gasteiger partial charge in [0.05, 0.1) is 12.1 Å². The molecule has 0 radical (unpaired) electrons. The fraction of sp³-hybridized carbons (Fsp3) is 0.824. The molecule has 3 atom stereocenters. The van der Waals surface area contributed by atoms with E-state index in [2.05, 4.69) is 10.6 Å². The van der Waals surface area contributed by atoms with Gasteiger partial charge in [0.15, 0.2) is 0 Å². The van der Waals surface area contributed by atoms with Crippen molar-refractivity contribution in [1.29, 1.82) is 0 Å². The maximum Gasteiger partial charge on any atom is 0.315 e. The fourth-order valence-electron chi connectivity index (χ4n) is 3.39. The van der Waals surface area contributed by atoms with E-state index in [0.29, 0.717) is 30.3 Å². The molecule has 2 rings (SSSR count). The van der Waals surface area contributed by atoms with Gasteiger partial charge in [-0.25, -0.2) is 4.79 Å². The molecule has 2 aliphatic rings. The molecule has 2 saturated heterocycles. The second kappa shape index (κ2) is 9.91. The zero-order valence-corrected chi connectivity index (χ0v) is 14.9. The van der Waals surface area contributed by atoms with Crippen LogP contribution in [0.1, 0.15) is 64.2 Å². The number of carbonyl (C=O) groups is 3. The van der Waals surface area contributed by atoms with E-state index in [9.17, 15) is 14.4 Å². The van der Waals surface area contributed by atoms with Crippen LogP contribution < -0.4 is 10.6 Å². The summed E-state index contributed by atoms with van der Waals surface area (Å²) in [6, 6.07) is 0.480. The van der Waals surface area contributed by atoms with Crippen molar-refractivity contribution < 1.29 is 19.5 Å². The number of amides is 2. The SMILES string of the molecule is O=C(O)CCCCCCC(=O)CCCCC1SCC2NC(=O)NC21. The van der Waals surface area contributed by atoms with Crippen LogP contribution in [0.25, 0.3) is 0 Å². The van der Waals surface area contributed by atoms with Gasteiger partial charge >= 0.3 is 12.0 Å². The minimum Gasteiger partial charge on any atom is -0.481 e. The first-order valence-corrected chi connectivity index (χ1v) is 10.0. The van der Waals surface area contributed by atoms with Crippen LogP contribution >= 0.6 is 11.8 Å². The van der Waals surface area contributed by atoms with Crippen molar-refractivity contribution in [1.82, 2.24) is 10.6 Å². The number of hydrogen-bond donors (Lipinski definition) is 3. The third-order valence-electron chi connectivity index (χ3n) is 4.73. The second-order valence-electron chi connectivity index (χ2n) is 6.71. The van der Waals surface area contributed by atoms with E-state index in [1.165, 1.54) is 0 Å². The van der Waals surface area contributed by atoms with Gasteiger partial charge in [0.2, 0.25) is 0 Å². The number of rotatable bonds is 12. The Morgan fingerprint density at radius 1 is 1.00 bits per heavy atom. The van der Waals surface area contributed by atoms with Crippen molar-refractivity contribution in [3.05, 3.63) is 0 Å². The van der Waals surface area contributed by atoms with Crippen molar-refractivity contribution in [2.24, 2.45) is 0 Å². The Bertz CT molecular complexity index is 458. The van der Waals surface area contributed by atoms with Gasteiger partial charge in [-0.2, -0.15) is 11.8 Å². The van der Waals surface area contributed by atoms with E-state index < -0.39 is 5.97 Å². The molecular formula is C17H28N2O4S. The first-order chi connectivity index (χ1) is 11.6. The molecule has 0 spiro atoms. The number of nitrogens with one attached hydrogen (secondary N) is 2. The maximum absolute atomic E-state index is 11.8. The molecule has 0 aromatic rings. The summed E-state index contributed by atoms with van der Waals surface area (Å²) in [6.45, 7) is 0. The summed E-state index contributed by atoms with van der Waals surface area (Å²) in [4.78, 5) is 33.5. The highest BCUT2D eigenvalue weighted by molar-refractivity contribution is 8.00. The first kappa shape index (κ1) is 19.1. The molecule has 0 aliphatic carbocycles. The van der Waals surface area contributed by atoms with Gasteiger partial charge in [0.25, 0.3) is 0 Å². The predicted molar refractivity (Wildman–Crippen MR) is 94.3 cm³/mol. The molecule has 3 N–H and O–H groups in total. The number of urea groups is 1. The molecule has 2 fully saturated rings. The summed E-state index contributed by atoms with van der Waals surface area (Å²) in [5.74, 6) is 0.557. The number of ketones is 1. The average Bonchev–Trinajstić information content (AvgIpc) is 3.06. The average molecular weight is 356 g/mol. The topological polar surface area (TPSA) is 95.5 Å². The minimum absolute atomic E-state index is 0.0474. The molecule has 0 aromatic heterocycles. The van der Waals surface area contributed by atoms with Crippen LogP contribution in [0.2, 0.25) is 0 Å². The third-order valence-corrected chi connectivity index (χ3v) is 6.24. The van der Waals surface area contributed by atoms with Gasteiger partial charge in [0.1, 0.15) is 5.78 Å². The van der Waals surface area contributed by atoms with Crippen molar-refractivity contribution in [2.45, 2.75) is 81.5 Å². The number of unbranched alkanes of at least 4 members (excludes halogenated alkanes) is 4. The zero-order chi connectivity index (χ0) is 17.4. The number of thioether (sulfide) groups is 1. The Labute approximate surface area is 147 Å². The molecule has 24 heavy (non-hydrogen) atoms. The van der Waals surface area contributed by atoms with E-state index in [-0.39, 0.29) is 24.5 Å². The molecule has 7 heteroatoms. The minimum atomic E-state index is -0.745. The van der Waals surface area contributed by atoms with Crippen molar-refractivity contribution in [3.63, 3.8) is 0 Å². The number of fused-ring (bicyclic) bond motifs is 1. The number of carbonyl (C=O) groups excluding carboxylic acids is 2. The molecule has 0 saturated carbocycles. The van der Waals surface area contributed by atoms with Gasteiger partial charge < -0.3 is 15.7 Å². The highest BCUT2D eigenvalue weighted by atomic mass is 32.2. The molecule has 2 amide bonds. The monoisotopic (exact) mass is 356 g/mol. The van der Waals surface area contributed by atoms with Crippen LogP contribution in [0, 0.1) is 0 Å². The van der Waals surface area contributed by atoms with Crippen LogP contribution in [-0.2, 0) is 9.59 Å². The molecule has 2 heterocycles.